The molecule has 8 heteroatoms. The summed E-state index contributed by atoms with van der Waals surface area (Å²) >= 11 is 0. The van der Waals surface area contributed by atoms with Crippen LogP contribution in [-0.4, -0.2) is 60.6 Å². The first kappa shape index (κ1) is 13.6. The molecule has 0 aromatic heterocycles. The standard InChI is InChI=1S/C11H18N4O4/c1-13-8(16)7-6-19-5-4-15(7)10(17)11(2-3-11)9(12)14-18/h7,18H,2-6H2,1H3,(H2,12,14)(H,13,16). The summed E-state index contributed by atoms with van der Waals surface area (Å²) in [5.74, 6) is -0.622. The van der Waals surface area contributed by atoms with Gasteiger partial charge in [0.15, 0.2) is 5.84 Å². The van der Waals surface area contributed by atoms with E-state index < -0.39 is 11.5 Å². The number of carbonyl (C=O) groups excluding carboxylic acids is 2. The number of oxime groups is 1. The van der Waals surface area contributed by atoms with Crippen molar-refractivity contribution in [1.82, 2.24) is 10.2 Å². The summed E-state index contributed by atoms with van der Waals surface area (Å²) in [6.07, 6.45) is 1.08. The smallest absolute Gasteiger partial charge is 0.244 e. The Morgan fingerprint density at radius 2 is 2.21 bits per heavy atom. The predicted molar refractivity (Wildman–Crippen MR) is 65.5 cm³/mol. The molecule has 1 aliphatic carbocycles. The van der Waals surface area contributed by atoms with E-state index in [9.17, 15) is 9.59 Å². The lowest BCUT2D eigenvalue weighted by molar-refractivity contribution is -0.150. The van der Waals surface area contributed by atoms with Gasteiger partial charge < -0.3 is 25.9 Å². The average Bonchev–Trinajstić information content (AvgIpc) is 3.26. The molecule has 106 valence electrons. The minimum atomic E-state index is -0.932. The van der Waals surface area contributed by atoms with Crippen molar-refractivity contribution in [3.05, 3.63) is 0 Å². The van der Waals surface area contributed by atoms with Crippen molar-refractivity contribution >= 4 is 17.6 Å². The van der Waals surface area contributed by atoms with Crippen LogP contribution in [-0.2, 0) is 14.3 Å². The van der Waals surface area contributed by atoms with E-state index in [1.807, 2.05) is 0 Å². The molecule has 19 heavy (non-hydrogen) atoms. The van der Waals surface area contributed by atoms with E-state index in [4.69, 9.17) is 15.7 Å². The highest BCUT2D eigenvalue weighted by molar-refractivity contribution is 6.10. The fourth-order valence-corrected chi connectivity index (χ4v) is 2.31. The van der Waals surface area contributed by atoms with Gasteiger partial charge in [0.1, 0.15) is 11.5 Å². The van der Waals surface area contributed by atoms with Gasteiger partial charge in [-0.1, -0.05) is 5.16 Å². The molecule has 2 fully saturated rings. The topological polar surface area (TPSA) is 117 Å². The highest BCUT2D eigenvalue weighted by atomic mass is 16.5. The Hall–Kier alpha value is -1.83. The third-order valence-electron chi connectivity index (χ3n) is 3.70. The zero-order valence-electron chi connectivity index (χ0n) is 10.8. The molecule has 1 atom stereocenters. The van der Waals surface area contributed by atoms with Crippen molar-refractivity contribution in [2.75, 3.05) is 26.8 Å². The third kappa shape index (κ3) is 2.23. The molecule has 8 nitrogen and oxygen atoms in total. The molecule has 2 aliphatic rings. The van der Waals surface area contributed by atoms with Gasteiger partial charge in [0.25, 0.3) is 0 Å². The zero-order chi connectivity index (χ0) is 14.0. The van der Waals surface area contributed by atoms with Crippen molar-refractivity contribution in [2.45, 2.75) is 18.9 Å². The molecule has 0 aromatic carbocycles. The largest absolute Gasteiger partial charge is 0.409 e. The second-order valence-corrected chi connectivity index (χ2v) is 4.77. The van der Waals surface area contributed by atoms with E-state index in [0.717, 1.165) is 0 Å². The molecule has 1 aliphatic heterocycles. The van der Waals surface area contributed by atoms with Crippen molar-refractivity contribution < 1.29 is 19.5 Å². The summed E-state index contributed by atoms with van der Waals surface area (Å²) in [6, 6.07) is -0.657. The number of rotatable bonds is 3. The van der Waals surface area contributed by atoms with Crippen LogP contribution in [0.2, 0.25) is 0 Å². The number of hydrogen-bond acceptors (Lipinski definition) is 5. The van der Waals surface area contributed by atoms with Crippen molar-refractivity contribution in [3.63, 3.8) is 0 Å². The fourth-order valence-electron chi connectivity index (χ4n) is 2.31. The molecule has 1 saturated heterocycles. The van der Waals surface area contributed by atoms with E-state index in [1.54, 1.807) is 0 Å². The van der Waals surface area contributed by atoms with E-state index in [-0.39, 0.29) is 24.3 Å². The van der Waals surface area contributed by atoms with Crippen LogP contribution in [0.15, 0.2) is 5.16 Å². The summed E-state index contributed by atoms with van der Waals surface area (Å²) in [7, 11) is 1.51. The Morgan fingerprint density at radius 1 is 1.53 bits per heavy atom. The molecule has 0 bridgehead atoms. The summed E-state index contributed by atoms with van der Waals surface area (Å²) in [5.41, 5.74) is 4.66. The molecule has 0 aromatic rings. The number of ether oxygens (including phenoxy) is 1. The fraction of sp³-hybridized carbons (Fsp3) is 0.727. The Balaban J connectivity index is 2.19. The minimum Gasteiger partial charge on any atom is -0.409 e. The highest BCUT2D eigenvalue weighted by Gasteiger charge is 2.57. The number of nitrogens with one attached hydrogen (secondary N) is 1. The van der Waals surface area contributed by atoms with Gasteiger partial charge in [-0.3, -0.25) is 9.59 Å². The number of carbonyl (C=O) groups is 2. The quantitative estimate of drug-likeness (QED) is 0.249. The number of hydrogen-bond donors (Lipinski definition) is 3. The van der Waals surface area contributed by atoms with Crippen LogP contribution in [0.1, 0.15) is 12.8 Å². The van der Waals surface area contributed by atoms with Crippen LogP contribution in [0.25, 0.3) is 0 Å². The maximum atomic E-state index is 12.5. The lowest BCUT2D eigenvalue weighted by Crippen LogP contribution is -2.58. The Bertz CT molecular complexity index is 419. The molecule has 0 radical (unpaired) electrons. The Morgan fingerprint density at radius 3 is 2.74 bits per heavy atom. The van der Waals surface area contributed by atoms with Crippen LogP contribution in [0, 0.1) is 5.41 Å². The van der Waals surface area contributed by atoms with Crippen LogP contribution in [0.3, 0.4) is 0 Å². The van der Waals surface area contributed by atoms with E-state index in [1.165, 1.54) is 11.9 Å². The molecule has 1 heterocycles. The lowest BCUT2D eigenvalue weighted by atomic mass is 10.0. The van der Waals surface area contributed by atoms with Gasteiger partial charge in [-0.05, 0) is 12.8 Å². The Kier molecular flexibility index (Phi) is 3.61. The molecular formula is C11H18N4O4. The maximum absolute atomic E-state index is 12.5. The van der Waals surface area contributed by atoms with Crippen LogP contribution in [0.4, 0.5) is 0 Å². The summed E-state index contributed by atoms with van der Waals surface area (Å²) in [6.45, 7) is 0.876. The summed E-state index contributed by atoms with van der Waals surface area (Å²) in [4.78, 5) is 25.8. The van der Waals surface area contributed by atoms with E-state index in [2.05, 4.69) is 10.5 Å². The van der Waals surface area contributed by atoms with Gasteiger partial charge in [-0.15, -0.1) is 0 Å². The van der Waals surface area contributed by atoms with Gasteiger partial charge in [-0.25, -0.2) is 0 Å². The summed E-state index contributed by atoms with van der Waals surface area (Å²) in [5, 5.41) is 14.2. The normalized spacial score (nSPS) is 25.8. The monoisotopic (exact) mass is 270 g/mol. The molecule has 0 spiro atoms. The molecule has 4 N–H and O–H groups in total. The first-order valence-electron chi connectivity index (χ1n) is 6.15. The van der Waals surface area contributed by atoms with Crippen molar-refractivity contribution in [3.8, 4) is 0 Å². The molecular weight excluding hydrogens is 252 g/mol. The molecule has 2 rings (SSSR count). The van der Waals surface area contributed by atoms with Crippen LogP contribution in [0.5, 0.6) is 0 Å². The number of morpholine rings is 1. The van der Waals surface area contributed by atoms with Gasteiger partial charge in [0.2, 0.25) is 11.8 Å². The number of amidine groups is 1. The second kappa shape index (κ2) is 5.04. The highest BCUT2D eigenvalue weighted by Crippen LogP contribution is 2.47. The van der Waals surface area contributed by atoms with Crippen LogP contribution < -0.4 is 11.1 Å². The van der Waals surface area contributed by atoms with Gasteiger partial charge in [0, 0.05) is 13.6 Å². The van der Waals surface area contributed by atoms with Gasteiger partial charge >= 0.3 is 0 Å². The number of amides is 2. The van der Waals surface area contributed by atoms with Crippen LogP contribution >= 0.6 is 0 Å². The lowest BCUT2D eigenvalue weighted by Gasteiger charge is -2.36. The minimum absolute atomic E-state index is 0.0837. The number of likely N-dealkylation sites (N-methyl/N-ethyl adjacent to an activating group) is 1. The van der Waals surface area contributed by atoms with Gasteiger partial charge in [0.05, 0.1) is 13.2 Å². The van der Waals surface area contributed by atoms with E-state index >= 15 is 0 Å². The molecule has 2 amide bonds. The van der Waals surface area contributed by atoms with E-state index in [0.29, 0.717) is 26.0 Å². The Labute approximate surface area is 110 Å². The first-order chi connectivity index (χ1) is 9.06. The second-order valence-electron chi connectivity index (χ2n) is 4.77. The van der Waals surface area contributed by atoms with Gasteiger partial charge in [-0.2, -0.15) is 0 Å². The average molecular weight is 270 g/mol. The first-order valence-corrected chi connectivity index (χ1v) is 6.15. The molecule has 1 unspecified atom stereocenters. The van der Waals surface area contributed by atoms with Crippen molar-refractivity contribution in [2.24, 2.45) is 16.3 Å². The SMILES string of the molecule is CNC(=O)C1COCCN1C(=O)C1(C(N)=NO)CC1. The predicted octanol–water partition coefficient (Wildman–Crippen LogP) is -1.51. The molecule has 1 saturated carbocycles. The zero-order valence-corrected chi connectivity index (χ0v) is 10.8. The maximum Gasteiger partial charge on any atom is 0.244 e. The third-order valence-corrected chi connectivity index (χ3v) is 3.70. The number of nitrogens with zero attached hydrogens (tertiary/aromatic N) is 2. The summed E-state index contributed by atoms with van der Waals surface area (Å²) < 4.78 is 5.24. The van der Waals surface area contributed by atoms with Crippen molar-refractivity contribution in [1.29, 1.82) is 0 Å². The number of nitrogens with two attached hydrogens (primary N) is 1.